The predicted molar refractivity (Wildman–Crippen MR) is 69.0 cm³/mol. The molecule has 2 N–H and O–H groups in total. The van der Waals surface area contributed by atoms with Gasteiger partial charge in [0.2, 0.25) is 5.91 Å². The van der Waals surface area contributed by atoms with E-state index >= 15 is 0 Å². The van der Waals surface area contributed by atoms with Gasteiger partial charge in [-0.2, -0.15) is 0 Å². The molecule has 0 radical (unpaired) electrons. The molecule has 1 saturated heterocycles. The van der Waals surface area contributed by atoms with Crippen molar-refractivity contribution in [1.29, 1.82) is 0 Å². The molecular formula is C13H24N2O3. The number of hydrogen-bond donors (Lipinski definition) is 2. The van der Waals surface area contributed by atoms with Gasteiger partial charge in [0, 0.05) is 19.0 Å². The molecule has 2 unspecified atom stereocenters. The van der Waals surface area contributed by atoms with Crippen LogP contribution in [0.1, 0.15) is 40.0 Å². The van der Waals surface area contributed by atoms with Crippen LogP contribution in [0.25, 0.3) is 0 Å². The maximum absolute atomic E-state index is 11.6. The Labute approximate surface area is 109 Å². The Morgan fingerprint density at radius 3 is 2.67 bits per heavy atom. The third kappa shape index (κ3) is 5.49. The average molecular weight is 256 g/mol. The van der Waals surface area contributed by atoms with Crippen molar-refractivity contribution in [3.63, 3.8) is 0 Å². The van der Waals surface area contributed by atoms with E-state index in [0.717, 1.165) is 19.4 Å². The maximum Gasteiger partial charge on any atom is 0.310 e. The third-order valence-electron chi connectivity index (χ3n) is 2.95. The molecule has 0 aromatic rings. The highest BCUT2D eigenvalue weighted by molar-refractivity contribution is 5.78. The van der Waals surface area contributed by atoms with E-state index < -0.39 is 0 Å². The summed E-state index contributed by atoms with van der Waals surface area (Å²) in [4.78, 5) is 23.2. The minimum absolute atomic E-state index is 0.00130. The first-order valence-corrected chi connectivity index (χ1v) is 6.69. The molecule has 1 rings (SSSR count). The smallest absolute Gasteiger partial charge is 0.310 e. The quantitative estimate of drug-likeness (QED) is 0.691. The van der Waals surface area contributed by atoms with Crippen LogP contribution in [-0.2, 0) is 14.3 Å². The van der Waals surface area contributed by atoms with Gasteiger partial charge in [-0.05, 0) is 33.2 Å². The molecule has 0 aromatic heterocycles. The van der Waals surface area contributed by atoms with Crippen LogP contribution in [0, 0.1) is 5.92 Å². The van der Waals surface area contributed by atoms with Gasteiger partial charge in [-0.15, -0.1) is 0 Å². The number of hydrogen-bond acceptors (Lipinski definition) is 4. The van der Waals surface area contributed by atoms with Crippen molar-refractivity contribution in [2.45, 2.75) is 52.2 Å². The fraction of sp³-hybridized carbons (Fsp3) is 0.846. The molecule has 1 aliphatic rings. The summed E-state index contributed by atoms with van der Waals surface area (Å²) in [6, 6.07) is 0.294. The molecule has 0 aliphatic carbocycles. The molecular weight excluding hydrogens is 232 g/mol. The molecule has 104 valence electrons. The summed E-state index contributed by atoms with van der Waals surface area (Å²) in [6.45, 7) is 6.73. The molecule has 0 bridgehead atoms. The number of amides is 1. The van der Waals surface area contributed by atoms with Gasteiger partial charge < -0.3 is 15.4 Å². The molecule has 2 atom stereocenters. The normalized spacial score (nSPS) is 20.8. The van der Waals surface area contributed by atoms with E-state index in [1.165, 1.54) is 0 Å². The number of esters is 1. The monoisotopic (exact) mass is 256 g/mol. The SMILES string of the molecule is CC(C)OC(=O)C(C)CNC(=O)CC1CCCN1. The fourth-order valence-electron chi connectivity index (χ4n) is 1.93. The highest BCUT2D eigenvalue weighted by atomic mass is 16.5. The standard InChI is InChI=1S/C13H24N2O3/c1-9(2)18-13(17)10(3)8-15-12(16)7-11-5-4-6-14-11/h9-11,14H,4-8H2,1-3H3,(H,15,16). The predicted octanol–water partition coefficient (Wildman–Crippen LogP) is 0.832. The lowest BCUT2D eigenvalue weighted by Crippen LogP contribution is -2.36. The summed E-state index contributed by atoms with van der Waals surface area (Å²) in [6.07, 6.45) is 2.57. The van der Waals surface area contributed by atoms with E-state index in [1.54, 1.807) is 6.92 Å². The first-order valence-electron chi connectivity index (χ1n) is 6.69. The van der Waals surface area contributed by atoms with Crippen molar-refractivity contribution < 1.29 is 14.3 Å². The van der Waals surface area contributed by atoms with Gasteiger partial charge in [0.25, 0.3) is 0 Å². The van der Waals surface area contributed by atoms with Gasteiger partial charge in [0.05, 0.1) is 12.0 Å². The molecule has 1 heterocycles. The molecule has 5 nitrogen and oxygen atoms in total. The van der Waals surface area contributed by atoms with Crippen molar-refractivity contribution >= 4 is 11.9 Å². The van der Waals surface area contributed by atoms with E-state index in [9.17, 15) is 9.59 Å². The summed E-state index contributed by atoms with van der Waals surface area (Å²) in [5.74, 6) is -0.559. The average Bonchev–Trinajstić information content (AvgIpc) is 2.77. The Hall–Kier alpha value is -1.10. The van der Waals surface area contributed by atoms with E-state index in [1.807, 2.05) is 13.8 Å². The van der Waals surface area contributed by atoms with Crippen LogP contribution >= 0.6 is 0 Å². The molecule has 18 heavy (non-hydrogen) atoms. The molecule has 0 aromatic carbocycles. The van der Waals surface area contributed by atoms with Crippen LogP contribution in [0.3, 0.4) is 0 Å². The first kappa shape index (κ1) is 15.0. The molecule has 1 aliphatic heterocycles. The second kappa shape index (κ2) is 7.36. The molecule has 5 heteroatoms. The van der Waals surface area contributed by atoms with Gasteiger partial charge >= 0.3 is 5.97 Å². The van der Waals surface area contributed by atoms with Crippen LogP contribution in [0.2, 0.25) is 0 Å². The van der Waals surface area contributed by atoms with E-state index in [2.05, 4.69) is 10.6 Å². The van der Waals surface area contributed by atoms with Gasteiger partial charge in [0.15, 0.2) is 0 Å². The summed E-state index contributed by atoms with van der Waals surface area (Å²) in [5, 5.41) is 6.06. The minimum atomic E-state index is -0.298. The van der Waals surface area contributed by atoms with E-state index in [0.29, 0.717) is 19.0 Å². The lowest BCUT2D eigenvalue weighted by atomic mass is 10.1. The highest BCUT2D eigenvalue weighted by Crippen LogP contribution is 2.08. The summed E-state index contributed by atoms with van der Waals surface area (Å²) >= 11 is 0. The maximum atomic E-state index is 11.6. The number of ether oxygens (including phenoxy) is 1. The van der Waals surface area contributed by atoms with Crippen LogP contribution in [0.5, 0.6) is 0 Å². The highest BCUT2D eigenvalue weighted by Gasteiger charge is 2.20. The lowest BCUT2D eigenvalue weighted by Gasteiger charge is -2.15. The summed E-state index contributed by atoms with van der Waals surface area (Å²) in [5.41, 5.74) is 0. The molecule has 1 amide bonds. The number of rotatable bonds is 6. The van der Waals surface area contributed by atoms with Crippen LogP contribution < -0.4 is 10.6 Å². The van der Waals surface area contributed by atoms with Gasteiger partial charge in [0.1, 0.15) is 0 Å². The fourth-order valence-corrected chi connectivity index (χ4v) is 1.93. The van der Waals surface area contributed by atoms with Crippen molar-refractivity contribution in [2.24, 2.45) is 5.92 Å². The number of nitrogens with one attached hydrogen (secondary N) is 2. The third-order valence-corrected chi connectivity index (χ3v) is 2.95. The van der Waals surface area contributed by atoms with Crippen molar-refractivity contribution in [3.8, 4) is 0 Å². The zero-order chi connectivity index (χ0) is 13.5. The molecule has 0 spiro atoms. The first-order chi connectivity index (χ1) is 8.49. The van der Waals surface area contributed by atoms with E-state index in [4.69, 9.17) is 4.74 Å². The Balaban J connectivity index is 2.18. The Kier molecular flexibility index (Phi) is 6.12. The summed E-state index contributed by atoms with van der Waals surface area (Å²) in [7, 11) is 0. The van der Waals surface area contributed by atoms with Crippen LogP contribution in [0.4, 0.5) is 0 Å². The van der Waals surface area contributed by atoms with Crippen LogP contribution in [0.15, 0.2) is 0 Å². The topological polar surface area (TPSA) is 67.4 Å². The van der Waals surface area contributed by atoms with Gasteiger partial charge in [-0.3, -0.25) is 9.59 Å². The van der Waals surface area contributed by atoms with Gasteiger partial charge in [-0.1, -0.05) is 6.92 Å². The zero-order valence-electron chi connectivity index (χ0n) is 11.5. The van der Waals surface area contributed by atoms with Gasteiger partial charge in [-0.25, -0.2) is 0 Å². The number of carbonyl (C=O) groups is 2. The Morgan fingerprint density at radius 1 is 1.39 bits per heavy atom. The molecule has 0 saturated carbocycles. The lowest BCUT2D eigenvalue weighted by molar-refractivity contribution is -0.151. The van der Waals surface area contributed by atoms with E-state index in [-0.39, 0.29) is 23.9 Å². The summed E-state index contributed by atoms with van der Waals surface area (Å²) < 4.78 is 5.08. The largest absolute Gasteiger partial charge is 0.463 e. The Bertz CT molecular complexity index is 286. The van der Waals surface area contributed by atoms with Crippen LogP contribution in [-0.4, -0.2) is 37.1 Å². The second-order valence-corrected chi connectivity index (χ2v) is 5.19. The molecule has 1 fully saturated rings. The number of carbonyl (C=O) groups excluding carboxylic acids is 2. The Morgan fingerprint density at radius 2 is 2.11 bits per heavy atom. The second-order valence-electron chi connectivity index (χ2n) is 5.19. The van der Waals surface area contributed by atoms with Crippen molar-refractivity contribution in [1.82, 2.24) is 10.6 Å². The van der Waals surface area contributed by atoms with Crippen molar-refractivity contribution in [2.75, 3.05) is 13.1 Å². The van der Waals surface area contributed by atoms with Crippen molar-refractivity contribution in [3.05, 3.63) is 0 Å². The minimum Gasteiger partial charge on any atom is -0.463 e. The zero-order valence-corrected chi connectivity index (χ0v) is 11.5.